The third kappa shape index (κ3) is 3.61. The van der Waals surface area contributed by atoms with Gasteiger partial charge < -0.3 is 15.0 Å². The molecule has 0 spiro atoms. The maximum Gasteiger partial charge on any atom is 0.228 e. The summed E-state index contributed by atoms with van der Waals surface area (Å²) in [6.07, 6.45) is 4.65. The fraction of sp³-hybridized carbons (Fsp3) is 0.417. The Labute approximate surface area is 105 Å². The molecule has 0 radical (unpaired) electrons. The van der Waals surface area contributed by atoms with Gasteiger partial charge in [-0.2, -0.15) is 4.98 Å². The first-order chi connectivity index (χ1) is 8.78. The van der Waals surface area contributed by atoms with Crippen LogP contribution in [-0.2, 0) is 17.6 Å². The Bertz CT molecular complexity index is 472. The monoisotopic (exact) mass is 248 g/mol. The second-order valence-electron chi connectivity index (χ2n) is 4.06. The summed E-state index contributed by atoms with van der Waals surface area (Å²) in [7, 11) is 1.61. The summed E-state index contributed by atoms with van der Waals surface area (Å²) in [5, 5.41) is 3.91. The van der Waals surface area contributed by atoms with Crippen molar-refractivity contribution in [3.63, 3.8) is 0 Å². The van der Waals surface area contributed by atoms with E-state index in [0.717, 1.165) is 5.56 Å². The minimum Gasteiger partial charge on any atom is -0.383 e. The van der Waals surface area contributed by atoms with Gasteiger partial charge in [-0.3, -0.25) is 4.98 Å². The maximum absolute atomic E-state index is 5.82. The Morgan fingerprint density at radius 2 is 2.39 bits per heavy atom. The number of rotatable bonds is 6. The molecular weight excluding hydrogens is 232 g/mol. The van der Waals surface area contributed by atoms with E-state index in [4.69, 9.17) is 15.0 Å². The Morgan fingerprint density at radius 3 is 3.11 bits per heavy atom. The highest BCUT2D eigenvalue weighted by Gasteiger charge is 2.11. The molecule has 2 heterocycles. The van der Waals surface area contributed by atoms with Crippen molar-refractivity contribution in [3.05, 3.63) is 41.8 Å². The molecule has 6 nitrogen and oxygen atoms in total. The van der Waals surface area contributed by atoms with Gasteiger partial charge in [-0.1, -0.05) is 11.2 Å². The van der Waals surface area contributed by atoms with Crippen molar-refractivity contribution >= 4 is 0 Å². The highest BCUT2D eigenvalue weighted by Crippen LogP contribution is 2.06. The maximum atomic E-state index is 5.82. The molecule has 6 heteroatoms. The van der Waals surface area contributed by atoms with E-state index in [2.05, 4.69) is 15.1 Å². The number of nitrogens with two attached hydrogens (primary N) is 1. The summed E-state index contributed by atoms with van der Waals surface area (Å²) < 4.78 is 10.1. The van der Waals surface area contributed by atoms with Gasteiger partial charge in [-0.25, -0.2) is 0 Å². The molecule has 0 aliphatic carbocycles. The average Bonchev–Trinajstić information content (AvgIpc) is 2.78. The van der Waals surface area contributed by atoms with Gasteiger partial charge in [0.2, 0.25) is 5.89 Å². The fourth-order valence-electron chi connectivity index (χ4n) is 1.63. The zero-order valence-electron chi connectivity index (χ0n) is 10.2. The summed E-state index contributed by atoms with van der Waals surface area (Å²) in [5.41, 5.74) is 6.86. The van der Waals surface area contributed by atoms with E-state index in [0.29, 0.717) is 31.2 Å². The number of ether oxygens (including phenoxy) is 1. The largest absolute Gasteiger partial charge is 0.383 e. The zero-order valence-corrected chi connectivity index (χ0v) is 10.2. The van der Waals surface area contributed by atoms with Crippen LogP contribution in [0.3, 0.4) is 0 Å². The van der Waals surface area contributed by atoms with Gasteiger partial charge in [0.05, 0.1) is 6.61 Å². The molecule has 1 atom stereocenters. The molecule has 0 aliphatic heterocycles. The lowest BCUT2D eigenvalue weighted by molar-refractivity contribution is 0.176. The quantitative estimate of drug-likeness (QED) is 0.804. The number of nitrogens with zero attached hydrogens (tertiary/aromatic N) is 3. The van der Waals surface area contributed by atoms with Crippen molar-refractivity contribution < 1.29 is 9.26 Å². The van der Waals surface area contributed by atoms with Crippen molar-refractivity contribution in [3.8, 4) is 0 Å². The van der Waals surface area contributed by atoms with Gasteiger partial charge in [0.15, 0.2) is 5.82 Å². The first-order valence-corrected chi connectivity index (χ1v) is 5.73. The molecule has 0 amide bonds. The molecule has 2 aromatic rings. The number of hydrogen-bond donors (Lipinski definition) is 1. The highest BCUT2D eigenvalue weighted by atomic mass is 16.5. The van der Waals surface area contributed by atoms with E-state index in [1.165, 1.54) is 0 Å². The normalized spacial score (nSPS) is 12.6. The number of pyridine rings is 1. The average molecular weight is 248 g/mol. The van der Waals surface area contributed by atoms with Gasteiger partial charge in [0, 0.05) is 38.4 Å². The Balaban J connectivity index is 1.94. The molecule has 18 heavy (non-hydrogen) atoms. The molecule has 0 aliphatic rings. The third-order valence-electron chi connectivity index (χ3n) is 2.41. The zero-order chi connectivity index (χ0) is 12.8. The Hall–Kier alpha value is -1.79. The molecule has 2 N–H and O–H groups in total. The van der Waals surface area contributed by atoms with Gasteiger partial charge in [-0.15, -0.1) is 0 Å². The lowest BCUT2D eigenvalue weighted by Gasteiger charge is -2.05. The molecule has 0 bridgehead atoms. The molecule has 2 aromatic heterocycles. The van der Waals surface area contributed by atoms with E-state index in [1.807, 2.05) is 12.1 Å². The van der Waals surface area contributed by atoms with Crippen LogP contribution in [0.5, 0.6) is 0 Å². The van der Waals surface area contributed by atoms with Gasteiger partial charge in [0.25, 0.3) is 0 Å². The van der Waals surface area contributed by atoms with Gasteiger partial charge >= 0.3 is 0 Å². The number of methoxy groups -OCH3 is 1. The van der Waals surface area contributed by atoms with Crippen LogP contribution in [0.2, 0.25) is 0 Å². The van der Waals surface area contributed by atoms with Crippen LogP contribution in [0.15, 0.2) is 29.0 Å². The third-order valence-corrected chi connectivity index (χ3v) is 2.41. The molecule has 2 rings (SSSR count). The molecule has 0 aromatic carbocycles. The van der Waals surface area contributed by atoms with Crippen LogP contribution in [0.25, 0.3) is 0 Å². The number of hydrogen-bond acceptors (Lipinski definition) is 6. The topological polar surface area (TPSA) is 87.1 Å². The van der Waals surface area contributed by atoms with Crippen LogP contribution in [0.1, 0.15) is 17.3 Å². The molecule has 1 unspecified atom stereocenters. The lowest BCUT2D eigenvalue weighted by Crippen LogP contribution is -2.28. The fourth-order valence-corrected chi connectivity index (χ4v) is 1.63. The van der Waals surface area contributed by atoms with Crippen molar-refractivity contribution in [1.82, 2.24) is 15.1 Å². The van der Waals surface area contributed by atoms with E-state index < -0.39 is 0 Å². The van der Waals surface area contributed by atoms with Crippen molar-refractivity contribution in [1.29, 1.82) is 0 Å². The number of aromatic nitrogens is 3. The van der Waals surface area contributed by atoms with Crippen LogP contribution >= 0.6 is 0 Å². The summed E-state index contributed by atoms with van der Waals surface area (Å²) in [6.45, 7) is 0.473. The predicted molar refractivity (Wildman–Crippen MR) is 64.9 cm³/mol. The van der Waals surface area contributed by atoms with E-state index in [9.17, 15) is 0 Å². The van der Waals surface area contributed by atoms with Gasteiger partial charge in [0.1, 0.15) is 0 Å². The second kappa shape index (κ2) is 6.23. The van der Waals surface area contributed by atoms with E-state index in [1.54, 1.807) is 19.5 Å². The second-order valence-corrected chi connectivity index (χ2v) is 4.06. The predicted octanol–water partition coefficient (Wildman–Crippen LogP) is 0.572. The van der Waals surface area contributed by atoms with Crippen molar-refractivity contribution in [2.24, 2.45) is 5.73 Å². The standard InChI is InChI=1S/C12H16N4O2/c1-17-8-10(13)6-12-15-11(16-18-12)5-9-3-2-4-14-7-9/h2-4,7,10H,5-6,8,13H2,1H3. The molecule has 96 valence electrons. The molecule has 0 saturated heterocycles. The summed E-state index contributed by atoms with van der Waals surface area (Å²) in [4.78, 5) is 8.32. The van der Waals surface area contributed by atoms with E-state index in [-0.39, 0.29) is 6.04 Å². The molecule has 0 fully saturated rings. The minimum absolute atomic E-state index is 0.123. The van der Waals surface area contributed by atoms with Crippen molar-refractivity contribution in [2.45, 2.75) is 18.9 Å². The van der Waals surface area contributed by atoms with Crippen LogP contribution < -0.4 is 5.73 Å². The first-order valence-electron chi connectivity index (χ1n) is 5.73. The SMILES string of the molecule is COCC(N)Cc1nc(Cc2cccnc2)no1. The van der Waals surface area contributed by atoms with Crippen molar-refractivity contribution in [2.75, 3.05) is 13.7 Å². The van der Waals surface area contributed by atoms with E-state index >= 15 is 0 Å². The highest BCUT2D eigenvalue weighted by molar-refractivity contribution is 5.13. The summed E-state index contributed by atoms with van der Waals surface area (Å²) >= 11 is 0. The molecular formula is C12H16N4O2. The van der Waals surface area contributed by atoms with Gasteiger partial charge in [-0.05, 0) is 11.6 Å². The van der Waals surface area contributed by atoms with Crippen LogP contribution in [-0.4, -0.2) is 34.9 Å². The first kappa shape index (κ1) is 12.7. The Kier molecular flexibility index (Phi) is 4.38. The molecule has 0 saturated carbocycles. The smallest absolute Gasteiger partial charge is 0.228 e. The summed E-state index contributed by atoms with van der Waals surface area (Å²) in [5.74, 6) is 1.18. The Morgan fingerprint density at radius 1 is 1.50 bits per heavy atom. The van der Waals surface area contributed by atoms with Crippen LogP contribution in [0, 0.1) is 0 Å². The minimum atomic E-state index is -0.123. The summed E-state index contributed by atoms with van der Waals surface area (Å²) in [6, 6.07) is 3.73. The van der Waals surface area contributed by atoms with Crippen LogP contribution in [0.4, 0.5) is 0 Å². The lowest BCUT2D eigenvalue weighted by atomic mass is 10.2.